The molecule has 1 N–H and O–H groups in total. The molecule has 2 aliphatic rings. The molecule has 7 heteroatoms. The van der Waals surface area contributed by atoms with Crippen molar-refractivity contribution >= 4 is 35.2 Å². The molecule has 5 nitrogen and oxygen atoms in total. The molecule has 2 atom stereocenters. The number of nitrogens with zero attached hydrogens (tertiary/aromatic N) is 1. The second kappa shape index (κ2) is 5.75. The van der Waals surface area contributed by atoms with Gasteiger partial charge in [0.15, 0.2) is 0 Å². The van der Waals surface area contributed by atoms with Crippen molar-refractivity contribution in [1.82, 2.24) is 10.2 Å². The van der Waals surface area contributed by atoms with Crippen molar-refractivity contribution in [2.24, 2.45) is 5.92 Å². The van der Waals surface area contributed by atoms with Gasteiger partial charge in [0.25, 0.3) is 0 Å². The number of rotatable bonds is 3. The van der Waals surface area contributed by atoms with E-state index in [1.54, 1.807) is 11.8 Å². The van der Waals surface area contributed by atoms with Crippen molar-refractivity contribution in [3.63, 3.8) is 0 Å². The predicted octanol–water partition coefficient (Wildman–Crippen LogP) is 1.92. The Balaban J connectivity index is 1.84. The molecule has 1 saturated heterocycles. The topological polar surface area (TPSA) is 58.6 Å². The van der Waals surface area contributed by atoms with E-state index in [1.807, 2.05) is 0 Å². The fourth-order valence-corrected chi connectivity index (χ4v) is 2.83. The van der Waals surface area contributed by atoms with Crippen molar-refractivity contribution in [1.29, 1.82) is 0 Å². The maximum absolute atomic E-state index is 12.1. The van der Waals surface area contributed by atoms with E-state index in [2.05, 4.69) is 5.32 Å². The number of halogens is 2. The molecule has 0 spiro atoms. The highest BCUT2D eigenvalue weighted by Crippen LogP contribution is 2.54. The molecule has 2 unspecified atom stereocenters. The van der Waals surface area contributed by atoms with E-state index in [0.29, 0.717) is 26.1 Å². The summed E-state index contributed by atoms with van der Waals surface area (Å²) >= 11 is 11.8. The van der Waals surface area contributed by atoms with Gasteiger partial charge in [-0.05, 0) is 26.2 Å². The van der Waals surface area contributed by atoms with E-state index in [1.165, 1.54) is 0 Å². The van der Waals surface area contributed by atoms with Gasteiger partial charge in [-0.25, -0.2) is 4.79 Å². The summed E-state index contributed by atoms with van der Waals surface area (Å²) in [5.41, 5.74) is 0. The van der Waals surface area contributed by atoms with Crippen LogP contribution in [0.4, 0.5) is 4.79 Å². The smallest absolute Gasteiger partial charge is 0.407 e. The van der Waals surface area contributed by atoms with Crippen LogP contribution in [0, 0.1) is 5.92 Å². The molecule has 19 heavy (non-hydrogen) atoms. The summed E-state index contributed by atoms with van der Waals surface area (Å²) < 4.78 is 3.95. The van der Waals surface area contributed by atoms with Gasteiger partial charge in [0, 0.05) is 19.1 Å². The first-order valence-corrected chi connectivity index (χ1v) is 7.29. The van der Waals surface area contributed by atoms with Crippen LogP contribution in [0.5, 0.6) is 0 Å². The van der Waals surface area contributed by atoms with Crippen molar-refractivity contribution in [3.05, 3.63) is 0 Å². The molecule has 0 radical (unpaired) electrons. The third kappa shape index (κ3) is 3.66. The summed E-state index contributed by atoms with van der Waals surface area (Å²) in [4.78, 5) is 25.2. The molecular weight excluding hydrogens is 291 g/mol. The molecule has 2 rings (SSSR count). The van der Waals surface area contributed by atoms with Crippen molar-refractivity contribution in [3.8, 4) is 0 Å². The van der Waals surface area contributed by atoms with Crippen LogP contribution in [-0.2, 0) is 9.53 Å². The largest absolute Gasteiger partial charge is 0.450 e. The minimum Gasteiger partial charge on any atom is -0.450 e. The highest BCUT2D eigenvalue weighted by molar-refractivity contribution is 6.52. The first-order valence-electron chi connectivity index (χ1n) is 6.54. The average Bonchev–Trinajstić information content (AvgIpc) is 2.98. The Hall–Kier alpha value is -0.680. The molecule has 2 amide bonds. The summed E-state index contributed by atoms with van der Waals surface area (Å²) in [6.07, 6.45) is 1.78. The highest BCUT2D eigenvalue weighted by atomic mass is 35.5. The lowest BCUT2D eigenvalue weighted by molar-refractivity contribution is -0.133. The van der Waals surface area contributed by atoms with Crippen LogP contribution in [-0.4, -0.2) is 47.0 Å². The normalized spacial score (nSPS) is 28.7. The summed E-state index contributed by atoms with van der Waals surface area (Å²) in [5, 5.41) is 2.76. The lowest BCUT2D eigenvalue weighted by Crippen LogP contribution is -2.50. The zero-order valence-electron chi connectivity index (χ0n) is 10.8. The molecule has 1 aliphatic carbocycles. The number of hydrogen-bond acceptors (Lipinski definition) is 3. The Morgan fingerprint density at radius 3 is 2.74 bits per heavy atom. The van der Waals surface area contributed by atoms with Gasteiger partial charge < -0.3 is 15.0 Å². The zero-order valence-corrected chi connectivity index (χ0v) is 12.3. The van der Waals surface area contributed by atoms with Gasteiger partial charge in [0.05, 0.1) is 12.5 Å². The summed E-state index contributed by atoms with van der Waals surface area (Å²) in [5.74, 6) is -0.308. The Morgan fingerprint density at radius 2 is 2.16 bits per heavy atom. The SMILES string of the molecule is CCOC(=O)NC1CCCN(C(=O)C2CC2(Cl)Cl)C1. The van der Waals surface area contributed by atoms with Crippen molar-refractivity contribution in [2.45, 2.75) is 36.6 Å². The van der Waals surface area contributed by atoms with E-state index in [4.69, 9.17) is 27.9 Å². The van der Waals surface area contributed by atoms with Crippen LogP contribution in [0.3, 0.4) is 0 Å². The second-order valence-electron chi connectivity index (χ2n) is 5.01. The standard InChI is InChI=1S/C12H18Cl2N2O3/c1-2-19-11(18)15-8-4-3-5-16(7-8)10(17)9-6-12(9,13)14/h8-9H,2-7H2,1H3,(H,15,18). The van der Waals surface area contributed by atoms with Gasteiger partial charge in [-0.3, -0.25) is 4.79 Å². The number of alkyl carbamates (subject to hydrolysis) is 1. The van der Waals surface area contributed by atoms with E-state index in [9.17, 15) is 9.59 Å². The summed E-state index contributed by atoms with van der Waals surface area (Å²) in [6.45, 7) is 3.28. The highest BCUT2D eigenvalue weighted by Gasteiger charge is 2.57. The number of ether oxygens (including phenoxy) is 1. The number of piperidine rings is 1. The molecule has 1 aliphatic heterocycles. The molecule has 1 saturated carbocycles. The molecular formula is C12H18Cl2N2O3. The monoisotopic (exact) mass is 308 g/mol. The third-order valence-electron chi connectivity index (χ3n) is 3.45. The van der Waals surface area contributed by atoms with Crippen LogP contribution in [0.15, 0.2) is 0 Å². The fraction of sp³-hybridized carbons (Fsp3) is 0.833. The van der Waals surface area contributed by atoms with Crippen molar-refractivity contribution in [2.75, 3.05) is 19.7 Å². The van der Waals surface area contributed by atoms with Crippen molar-refractivity contribution < 1.29 is 14.3 Å². The minimum atomic E-state index is -0.890. The Morgan fingerprint density at radius 1 is 1.47 bits per heavy atom. The van der Waals surface area contributed by atoms with Crippen LogP contribution in [0.1, 0.15) is 26.2 Å². The average molecular weight is 309 g/mol. The molecule has 1 heterocycles. The summed E-state index contributed by atoms with van der Waals surface area (Å²) in [6, 6.07) is -0.0597. The first kappa shape index (κ1) is 14.7. The number of hydrogen-bond donors (Lipinski definition) is 1. The molecule has 0 aromatic rings. The number of amides is 2. The quantitative estimate of drug-likeness (QED) is 0.810. The lowest BCUT2D eigenvalue weighted by atomic mass is 10.1. The van der Waals surface area contributed by atoms with Gasteiger partial charge in [0.2, 0.25) is 5.91 Å². The molecule has 0 bridgehead atoms. The Kier molecular flexibility index (Phi) is 4.46. The maximum Gasteiger partial charge on any atom is 0.407 e. The second-order valence-corrected chi connectivity index (χ2v) is 6.55. The van der Waals surface area contributed by atoms with Gasteiger partial charge >= 0.3 is 6.09 Å². The van der Waals surface area contributed by atoms with E-state index in [0.717, 1.165) is 12.8 Å². The van der Waals surface area contributed by atoms with E-state index < -0.39 is 10.4 Å². The number of carbonyl (C=O) groups excluding carboxylic acids is 2. The van der Waals surface area contributed by atoms with Gasteiger partial charge in [-0.1, -0.05) is 0 Å². The molecule has 2 fully saturated rings. The first-order chi connectivity index (χ1) is 8.94. The Labute approximate surface area is 122 Å². The Bertz CT molecular complexity index is 376. The number of alkyl halides is 2. The van der Waals surface area contributed by atoms with E-state index >= 15 is 0 Å². The minimum absolute atomic E-state index is 0.0136. The number of nitrogens with one attached hydrogen (secondary N) is 1. The fourth-order valence-electron chi connectivity index (χ4n) is 2.34. The number of likely N-dealkylation sites (tertiary alicyclic amines) is 1. The zero-order chi connectivity index (χ0) is 14.0. The third-order valence-corrected chi connectivity index (χ3v) is 4.29. The van der Waals surface area contributed by atoms with Crippen LogP contribution in [0.25, 0.3) is 0 Å². The number of carbonyl (C=O) groups is 2. The van der Waals surface area contributed by atoms with Gasteiger partial charge in [-0.2, -0.15) is 0 Å². The molecule has 0 aromatic heterocycles. The predicted molar refractivity (Wildman–Crippen MR) is 72.3 cm³/mol. The molecule has 0 aromatic carbocycles. The lowest BCUT2D eigenvalue weighted by Gasteiger charge is -2.33. The molecule has 108 valence electrons. The van der Waals surface area contributed by atoms with Crippen LogP contribution < -0.4 is 5.32 Å². The van der Waals surface area contributed by atoms with Gasteiger partial charge in [0.1, 0.15) is 4.33 Å². The van der Waals surface area contributed by atoms with Gasteiger partial charge in [-0.15, -0.1) is 23.2 Å². The summed E-state index contributed by atoms with van der Waals surface area (Å²) in [7, 11) is 0. The van der Waals surface area contributed by atoms with E-state index in [-0.39, 0.29) is 17.9 Å². The van der Waals surface area contributed by atoms with Crippen LogP contribution in [0.2, 0.25) is 0 Å². The maximum atomic E-state index is 12.1. The van der Waals surface area contributed by atoms with Crippen LogP contribution >= 0.6 is 23.2 Å².